The van der Waals surface area contributed by atoms with Crippen LogP contribution in [0.25, 0.3) is 0 Å². The fourth-order valence-corrected chi connectivity index (χ4v) is 8.08. The molecule has 7 nitrogen and oxygen atoms in total. The fraction of sp³-hybridized carbons (Fsp3) is 0.710. The highest BCUT2D eigenvalue weighted by atomic mass is 16.2. The van der Waals surface area contributed by atoms with E-state index >= 15 is 0 Å². The molecule has 4 fully saturated rings. The average Bonchev–Trinajstić information content (AvgIpc) is 3.67. The molecule has 1 unspecified atom stereocenters. The van der Waals surface area contributed by atoms with Crippen LogP contribution in [-0.4, -0.2) is 78.8 Å². The predicted octanol–water partition coefficient (Wildman–Crippen LogP) is 4.60. The lowest BCUT2D eigenvalue weighted by atomic mass is 9.57. The van der Waals surface area contributed by atoms with E-state index in [1.807, 2.05) is 20.0 Å². The highest BCUT2D eigenvalue weighted by molar-refractivity contribution is 5.87. The largest absolute Gasteiger partial charge is 0.359 e. The van der Waals surface area contributed by atoms with Gasteiger partial charge in [-0.15, -0.1) is 0 Å². The van der Waals surface area contributed by atoms with Crippen molar-refractivity contribution in [1.82, 2.24) is 14.7 Å². The van der Waals surface area contributed by atoms with Crippen molar-refractivity contribution in [3.8, 4) is 6.07 Å². The zero-order valence-electron chi connectivity index (χ0n) is 23.5. The van der Waals surface area contributed by atoms with Crippen molar-refractivity contribution in [3.63, 3.8) is 0 Å². The van der Waals surface area contributed by atoms with Crippen LogP contribution < -0.4 is 5.01 Å². The Morgan fingerprint density at radius 2 is 1.87 bits per heavy atom. The van der Waals surface area contributed by atoms with E-state index in [2.05, 4.69) is 45.0 Å². The van der Waals surface area contributed by atoms with Crippen molar-refractivity contribution in [2.45, 2.75) is 83.2 Å². The van der Waals surface area contributed by atoms with Crippen LogP contribution in [0.3, 0.4) is 0 Å². The number of hydrogen-bond acceptors (Lipinski definition) is 6. The van der Waals surface area contributed by atoms with Gasteiger partial charge in [0, 0.05) is 45.1 Å². The molecular formula is C31H44N6O. The van der Waals surface area contributed by atoms with E-state index in [9.17, 15) is 10.1 Å². The van der Waals surface area contributed by atoms with Crippen LogP contribution in [0, 0.1) is 35.5 Å². The number of carbonyl (C=O) groups is 1. The number of aryl methyl sites for hydroxylation is 1. The molecule has 1 aromatic rings. The molecule has 2 aliphatic carbocycles. The Labute approximate surface area is 228 Å². The highest BCUT2D eigenvalue weighted by Gasteiger charge is 2.50. The Bertz CT molecular complexity index is 1120. The molecule has 6 rings (SSSR count). The highest BCUT2D eigenvalue weighted by Crippen LogP contribution is 2.53. The van der Waals surface area contributed by atoms with Crippen molar-refractivity contribution in [2.75, 3.05) is 45.3 Å². The molecule has 0 bridgehead atoms. The van der Waals surface area contributed by atoms with Crippen LogP contribution in [0.1, 0.15) is 75.3 Å². The fourth-order valence-electron chi connectivity index (χ4n) is 8.08. The lowest BCUT2D eigenvalue weighted by Gasteiger charge is -2.52. The molecule has 2 saturated carbocycles. The standard InChI is InChI=1S/C31H44N6O/c1-22-16-26(9-8-24(22)20-32)37-28(23-6-4-5-7-23)17-29(33-37)36-14-11-31(12-15-36)18-25(19-31)30(38)35(3)27-10-13-34(2)21-27/h8-9,16,23,25,27-28H,4-7,10-15,17-19,21H2,1-3H3/t27-,28?/m1/s1. The summed E-state index contributed by atoms with van der Waals surface area (Å²) in [4.78, 5) is 20.1. The number of amidine groups is 1. The second kappa shape index (κ2) is 10.2. The van der Waals surface area contributed by atoms with E-state index < -0.39 is 0 Å². The molecule has 3 aliphatic heterocycles. The minimum Gasteiger partial charge on any atom is -0.359 e. The molecule has 38 heavy (non-hydrogen) atoms. The summed E-state index contributed by atoms with van der Waals surface area (Å²) in [7, 11) is 4.18. The van der Waals surface area contributed by atoms with Crippen LogP contribution >= 0.6 is 0 Å². The van der Waals surface area contributed by atoms with Gasteiger partial charge in [0.1, 0.15) is 5.84 Å². The van der Waals surface area contributed by atoms with Gasteiger partial charge in [-0.05, 0) is 101 Å². The smallest absolute Gasteiger partial charge is 0.225 e. The topological polar surface area (TPSA) is 66.2 Å². The number of carbonyl (C=O) groups excluding carboxylic acids is 1. The van der Waals surface area contributed by atoms with Crippen molar-refractivity contribution in [2.24, 2.45) is 22.4 Å². The zero-order valence-corrected chi connectivity index (χ0v) is 23.5. The third-order valence-electron chi connectivity index (χ3n) is 10.6. The maximum atomic E-state index is 13.2. The second-order valence-electron chi connectivity index (χ2n) is 13.0. The summed E-state index contributed by atoms with van der Waals surface area (Å²) >= 11 is 0. The molecule has 0 radical (unpaired) electrons. The van der Waals surface area contributed by atoms with E-state index in [4.69, 9.17) is 5.10 Å². The summed E-state index contributed by atoms with van der Waals surface area (Å²) in [6.07, 6.45) is 11.9. The van der Waals surface area contributed by atoms with Crippen LogP contribution in [0.15, 0.2) is 23.3 Å². The zero-order chi connectivity index (χ0) is 26.4. The minimum atomic E-state index is 0.225. The third-order valence-corrected chi connectivity index (χ3v) is 10.6. The van der Waals surface area contributed by atoms with E-state index in [-0.39, 0.29) is 5.92 Å². The average molecular weight is 517 g/mol. The number of likely N-dealkylation sites (N-methyl/N-ethyl adjacent to an activating group) is 2. The molecule has 2 atom stereocenters. The lowest BCUT2D eigenvalue weighted by Crippen LogP contribution is -2.53. The van der Waals surface area contributed by atoms with Crippen molar-refractivity contribution < 1.29 is 4.79 Å². The third kappa shape index (κ3) is 4.70. The maximum Gasteiger partial charge on any atom is 0.225 e. The first-order valence-electron chi connectivity index (χ1n) is 14.9. The van der Waals surface area contributed by atoms with Crippen LogP contribution in [0.2, 0.25) is 0 Å². The SMILES string of the molecule is Cc1cc(N2N=C(N3CCC4(CC3)CC(C(=O)N(C)[C@@H]3CCN(C)C3)C4)CC2C2CCCC2)ccc1C#N. The van der Waals surface area contributed by atoms with Crippen LogP contribution in [0.4, 0.5) is 5.69 Å². The summed E-state index contributed by atoms with van der Waals surface area (Å²) in [6, 6.07) is 9.29. The van der Waals surface area contributed by atoms with Crippen molar-refractivity contribution in [3.05, 3.63) is 29.3 Å². The molecule has 1 aromatic carbocycles. The number of amides is 1. The summed E-state index contributed by atoms with van der Waals surface area (Å²) in [5.41, 5.74) is 3.26. The normalized spacial score (nSPS) is 28.0. The van der Waals surface area contributed by atoms with Gasteiger partial charge in [0.25, 0.3) is 0 Å². The van der Waals surface area contributed by atoms with Gasteiger partial charge in [0.05, 0.1) is 23.4 Å². The van der Waals surface area contributed by atoms with Crippen LogP contribution in [-0.2, 0) is 4.79 Å². The van der Waals surface area contributed by atoms with Crippen molar-refractivity contribution in [1.29, 1.82) is 5.26 Å². The van der Waals surface area contributed by atoms with Gasteiger partial charge in [-0.25, -0.2) is 0 Å². The maximum absolute atomic E-state index is 13.2. The number of piperidine rings is 1. The van der Waals surface area contributed by atoms with E-state index in [1.54, 1.807) is 0 Å². The van der Waals surface area contributed by atoms with Gasteiger partial charge in [0.15, 0.2) is 0 Å². The number of hydrazone groups is 1. The number of likely N-dealkylation sites (tertiary alicyclic amines) is 2. The molecular weight excluding hydrogens is 472 g/mol. The van der Waals surface area contributed by atoms with Gasteiger partial charge in [0.2, 0.25) is 5.91 Å². The molecule has 7 heteroatoms. The molecule has 1 spiro atoms. The number of anilines is 1. The molecule has 3 heterocycles. The minimum absolute atomic E-state index is 0.225. The number of nitrogens with zero attached hydrogens (tertiary/aromatic N) is 6. The van der Waals surface area contributed by atoms with E-state index in [0.29, 0.717) is 29.3 Å². The number of benzene rings is 1. The molecule has 204 valence electrons. The first-order valence-corrected chi connectivity index (χ1v) is 14.9. The van der Waals surface area contributed by atoms with Gasteiger partial charge in [-0.2, -0.15) is 10.4 Å². The lowest BCUT2D eigenvalue weighted by molar-refractivity contribution is -0.146. The van der Waals surface area contributed by atoms with Crippen molar-refractivity contribution >= 4 is 17.4 Å². The molecule has 1 amide bonds. The predicted molar refractivity (Wildman–Crippen MR) is 151 cm³/mol. The van der Waals surface area contributed by atoms with Gasteiger partial charge >= 0.3 is 0 Å². The second-order valence-corrected chi connectivity index (χ2v) is 13.0. The molecule has 0 aromatic heterocycles. The first-order chi connectivity index (χ1) is 18.4. The van der Waals surface area contributed by atoms with Gasteiger partial charge in [-0.1, -0.05) is 12.8 Å². The monoisotopic (exact) mass is 516 g/mol. The Kier molecular flexibility index (Phi) is 6.88. The van der Waals surface area contributed by atoms with E-state index in [0.717, 1.165) is 68.7 Å². The summed E-state index contributed by atoms with van der Waals surface area (Å²) in [5.74, 6) is 2.54. The van der Waals surface area contributed by atoms with Crippen LogP contribution in [0.5, 0.6) is 0 Å². The Morgan fingerprint density at radius 1 is 1.13 bits per heavy atom. The Morgan fingerprint density at radius 3 is 2.50 bits per heavy atom. The molecule has 0 N–H and O–H groups in total. The van der Waals surface area contributed by atoms with Gasteiger partial charge in [-0.3, -0.25) is 9.80 Å². The Balaban J connectivity index is 1.09. The number of nitriles is 1. The van der Waals surface area contributed by atoms with Gasteiger partial charge < -0.3 is 14.7 Å². The number of rotatable bonds is 4. The summed E-state index contributed by atoms with van der Waals surface area (Å²) in [6.45, 7) is 6.25. The Hall–Kier alpha value is -2.59. The molecule has 2 saturated heterocycles. The summed E-state index contributed by atoms with van der Waals surface area (Å²) in [5, 5.41) is 16.9. The number of hydrogen-bond donors (Lipinski definition) is 0. The molecule has 5 aliphatic rings. The summed E-state index contributed by atoms with van der Waals surface area (Å²) < 4.78 is 0. The quantitative estimate of drug-likeness (QED) is 0.585. The first kappa shape index (κ1) is 25.7. The van der Waals surface area contributed by atoms with E-state index in [1.165, 1.54) is 44.4 Å².